The van der Waals surface area contributed by atoms with Crippen molar-refractivity contribution in [2.24, 2.45) is 0 Å². The van der Waals surface area contributed by atoms with Gasteiger partial charge in [-0.3, -0.25) is 0 Å². The third-order valence-electron chi connectivity index (χ3n) is 4.04. The lowest BCUT2D eigenvalue weighted by atomic mass is 10.0. The maximum absolute atomic E-state index is 9.54. The fourth-order valence-corrected chi connectivity index (χ4v) is 2.91. The van der Waals surface area contributed by atoms with Crippen molar-refractivity contribution < 1.29 is 5.11 Å². The summed E-state index contributed by atoms with van der Waals surface area (Å²) in [5, 5.41) is 9.54. The highest BCUT2D eigenvalue weighted by atomic mass is 16.3. The first-order chi connectivity index (χ1) is 9.29. The van der Waals surface area contributed by atoms with E-state index in [0.717, 1.165) is 30.9 Å². The number of rotatable bonds is 3. The van der Waals surface area contributed by atoms with Crippen LogP contribution in [0.4, 0.5) is 0 Å². The molecule has 0 radical (unpaired) electrons. The fourth-order valence-electron chi connectivity index (χ4n) is 2.91. The standard InChI is InChI=1S/C16H20N2O/c1-12-6-2-3-7-13(12)10-15-14(11-19)17-16-8-4-5-9-18(15)16/h2-3,6-7,19H,4-5,8-11H2,1H3. The Kier molecular flexibility index (Phi) is 3.38. The van der Waals surface area contributed by atoms with Crippen molar-refractivity contribution in [3.8, 4) is 0 Å². The van der Waals surface area contributed by atoms with Gasteiger partial charge in [-0.05, 0) is 30.9 Å². The molecule has 1 aliphatic heterocycles. The zero-order valence-corrected chi connectivity index (χ0v) is 11.4. The molecule has 0 saturated heterocycles. The van der Waals surface area contributed by atoms with E-state index in [0.29, 0.717) is 0 Å². The van der Waals surface area contributed by atoms with Crippen LogP contribution >= 0.6 is 0 Å². The number of benzene rings is 1. The second-order valence-electron chi connectivity index (χ2n) is 5.29. The first kappa shape index (κ1) is 12.4. The molecule has 3 nitrogen and oxygen atoms in total. The van der Waals surface area contributed by atoms with Gasteiger partial charge in [-0.25, -0.2) is 4.98 Å². The van der Waals surface area contributed by atoms with E-state index in [1.54, 1.807) is 0 Å². The monoisotopic (exact) mass is 256 g/mol. The van der Waals surface area contributed by atoms with E-state index in [1.807, 2.05) is 0 Å². The van der Waals surface area contributed by atoms with E-state index >= 15 is 0 Å². The lowest BCUT2D eigenvalue weighted by molar-refractivity contribution is 0.276. The van der Waals surface area contributed by atoms with Gasteiger partial charge in [0.2, 0.25) is 0 Å². The summed E-state index contributed by atoms with van der Waals surface area (Å²) >= 11 is 0. The third kappa shape index (κ3) is 2.30. The van der Waals surface area contributed by atoms with Crippen LogP contribution in [0.15, 0.2) is 24.3 Å². The van der Waals surface area contributed by atoms with E-state index in [-0.39, 0.29) is 6.61 Å². The summed E-state index contributed by atoms with van der Waals surface area (Å²) in [5.74, 6) is 1.15. The van der Waals surface area contributed by atoms with Crippen LogP contribution in [0.2, 0.25) is 0 Å². The first-order valence-electron chi connectivity index (χ1n) is 7.02. The van der Waals surface area contributed by atoms with Gasteiger partial charge in [-0.1, -0.05) is 24.3 Å². The summed E-state index contributed by atoms with van der Waals surface area (Å²) in [6, 6.07) is 8.45. The first-order valence-corrected chi connectivity index (χ1v) is 7.02. The van der Waals surface area contributed by atoms with E-state index in [9.17, 15) is 5.11 Å². The largest absolute Gasteiger partial charge is 0.390 e. The number of hydrogen-bond donors (Lipinski definition) is 1. The topological polar surface area (TPSA) is 38.1 Å². The molecule has 19 heavy (non-hydrogen) atoms. The summed E-state index contributed by atoms with van der Waals surface area (Å²) in [5.41, 5.74) is 4.69. The Morgan fingerprint density at radius 2 is 2.11 bits per heavy atom. The predicted molar refractivity (Wildman–Crippen MR) is 75.1 cm³/mol. The van der Waals surface area contributed by atoms with Crippen LogP contribution in [0.5, 0.6) is 0 Å². The average Bonchev–Trinajstić information content (AvgIpc) is 2.79. The molecule has 1 aromatic heterocycles. The molecule has 100 valence electrons. The van der Waals surface area contributed by atoms with Crippen LogP contribution in [0, 0.1) is 6.92 Å². The van der Waals surface area contributed by atoms with Gasteiger partial charge in [0.25, 0.3) is 0 Å². The molecule has 0 saturated carbocycles. The molecule has 0 amide bonds. The van der Waals surface area contributed by atoms with Gasteiger partial charge in [-0.2, -0.15) is 0 Å². The Morgan fingerprint density at radius 1 is 1.26 bits per heavy atom. The maximum Gasteiger partial charge on any atom is 0.109 e. The Labute approximate surface area is 113 Å². The highest BCUT2D eigenvalue weighted by Crippen LogP contribution is 2.23. The summed E-state index contributed by atoms with van der Waals surface area (Å²) in [4.78, 5) is 4.61. The summed E-state index contributed by atoms with van der Waals surface area (Å²) in [6.07, 6.45) is 4.34. The third-order valence-corrected chi connectivity index (χ3v) is 4.04. The van der Waals surface area contributed by atoms with Crippen LogP contribution in [0.3, 0.4) is 0 Å². The number of aliphatic hydroxyl groups excluding tert-OH is 1. The molecule has 3 rings (SSSR count). The van der Waals surface area contributed by atoms with Crippen molar-refractivity contribution in [1.29, 1.82) is 0 Å². The smallest absolute Gasteiger partial charge is 0.109 e. The fraction of sp³-hybridized carbons (Fsp3) is 0.438. The van der Waals surface area contributed by atoms with Crippen LogP contribution in [-0.2, 0) is 26.0 Å². The molecule has 0 unspecified atom stereocenters. The highest BCUT2D eigenvalue weighted by Gasteiger charge is 2.19. The number of aromatic nitrogens is 2. The normalized spacial score (nSPS) is 14.4. The maximum atomic E-state index is 9.54. The zero-order chi connectivity index (χ0) is 13.2. The molecule has 3 heteroatoms. The van der Waals surface area contributed by atoms with E-state index in [2.05, 4.69) is 40.7 Å². The van der Waals surface area contributed by atoms with Crippen molar-refractivity contribution in [1.82, 2.24) is 9.55 Å². The zero-order valence-electron chi connectivity index (χ0n) is 11.4. The van der Waals surface area contributed by atoms with Gasteiger partial charge < -0.3 is 9.67 Å². The summed E-state index contributed by atoms with van der Waals surface area (Å²) < 4.78 is 2.32. The number of aryl methyl sites for hydroxylation is 2. The Hall–Kier alpha value is -1.61. The van der Waals surface area contributed by atoms with Gasteiger partial charge in [0, 0.05) is 25.1 Å². The molecule has 0 aliphatic carbocycles. The quantitative estimate of drug-likeness (QED) is 0.916. The predicted octanol–water partition coefficient (Wildman–Crippen LogP) is 2.61. The Morgan fingerprint density at radius 3 is 2.89 bits per heavy atom. The number of nitrogens with zero attached hydrogens (tertiary/aromatic N) is 2. The molecule has 1 aliphatic rings. The summed E-state index contributed by atoms with van der Waals surface area (Å²) in [7, 11) is 0. The molecule has 2 aromatic rings. The molecule has 0 atom stereocenters. The van der Waals surface area contributed by atoms with Gasteiger partial charge in [0.05, 0.1) is 12.3 Å². The lowest BCUT2D eigenvalue weighted by Crippen LogP contribution is -2.13. The van der Waals surface area contributed by atoms with Crippen LogP contribution < -0.4 is 0 Å². The Balaban J connectivity index is 2.00. The minimum absolute atomic E-state index is 0.0429. The van der Waals surface area contributed by atoms with Crippen LogP contribution in [0.25, 0.3) is 0 Å². The molecule has 0 bridgehead atoms. The number of fused-ring (bicyclic) bond motifs is 1. The van der Waals surface area contributed by atoms with Crippen molar-refractivity contribution in [3.05, 3.63) is 52.6 Å². The molecule has 1 N–H and O–H groups in total. The number of hydrogen-bond acceptors (Lipinski definition) is 2. The summed E-state index contributed by atoms with van der Waals surface area (Å²) in [6.45, 7) is 3.23. The minimum atomic E-state index is 0.0429. The van der Waals surface area contributed by atoms with Gasteiger partial charge in [0.1, 0.15) is 5.82 Å². The molecule has 0 spiro atoms. The highest BCUT2D eigenvalue weighted by molar-refractivity contribution is 5.32. The SMILES string of the molecule is Cc1ccccc1Cc1c(CO)nc2n1CCCC2. The van der Waals surface area contributed by atoms with Gasteiger partial charge >= 0.3 is 0 Å². The number of aliphatic hydroxyl groups is 1. The van der Waals surface area contributed by atoms with Crippen LogP contribution in [0.1, 0.15) is 41.2 Å². The number of imidazole rings is 1. The molecular formula is C16H20N2O. The van der Waals surface area contributed by atoms with Gasteiger partial charge in [-0.15, -0.1) is 0 Å². The lowest BCUT2D eigenvalue weighted by Gasteiger charge is -2.17. The van der Waals surface area contributed by atoms with E-state index in [1.165, 1.54) is 29.7 Å². The van der Waals surface area contributed by atoms with E-state index < -0.39 is 0 Å². The van der Waals surface area contributed by atoms with Crippen molar-refractivity contribution >= 4 is 0 Å². The van der Waals surface area contributed by atoms with E-state index in [4.69, 9.17) is 0 Å². The second kappa shape index (κ2) is 5.17. The molecule has 1 aromatic carbocycles. The van der Waals surface area contributed by atoms with Gasteiger partial charge in [0.15, 0.2) is 0 Å². The Bertz CT molecular complexity index is 586. The second-order valence-corrected chi connectivity index (χ2v) is 5.29. The van der Waals surface area contributed by atoms with Crippen molar-refractivity contribution in [2.45, 2.75) is 45.8 Å². The minimum Gasteiger partial charge on any atom is -0.390 e. The molecule has 0 fully saturated rings. The van der Waals surface area contributed by atoms with Crippen molar-refractivity contribution in [2.75, 3.05) is 0 Å². The van der Waals surface area contributed by atoms with Crippen LogP contribution in [-0.4, -0.2) is 14.7 Å². The molecular weight excluding hydrogens is 236 g/mol. The average molecular weight is 256 g/mol. The van der Waals surface area contributed by atoms with Crippen molar-refractivity contribution in [3.63, 3.8) is 0 Å². The molecule has 2 heterocycles.